The molecule has 0 saturated carbocycles. The van der Waals surface area contributed by atoms with Gasteiger partial charge in [0.2, 0.25) is 0 Å². The normalized spacial score (nSPS) is 15.8. The highest BCUT2D eigenvalue weighted by Crippen LogP contribution is 2.33. The molecule has 1 aliphatic rings. The van der Waals surface area contributed by atoms with Crippen molar-refractivity contribution in [2.45, 2.75) is 26.8 Å². The molecule has 4 aromatic rings. The second-order valence-corrected chi connectivity index (χ2v) is 10.7. The number of aromatic nitrogens is 2. The molecule has 1 atom stereocenters. The first-order chi connectivity index (χ1) is 16.8. The third-order valence-electron chi connectivity index (χ3n) is 6.08. The molecular weight excluding hydrogens is 502 g/mol. The van der Waals surface area contributed by atoms with Crippen LogP contribution in [0.25, 0.3) is 11.8 Å². The van der Waals surface area contributed by atoms with Gasteiger partial charge in [0.25, 0.3) is 5.56 Å². The zero-order valence-corrected chi connectivity index (χ0v) is 21.9. The fourth-order valence-corrected chi connectivity index (χ4v) is 6.46. The van der Waals surface area contributed by atoms with Crippen molar-refractivity contribution in [3.63, 3.8) is 0 Å². The average Bonchev–Trinajstić information content (AvgIpc) is 3.53. The average molecular weight is 524 g/mol. The summed E-state index contributed by atoms with van der Waals surface area (Å²) in [5, 5.41) is 2.61. The molecule has 0 amide bonds. The number of fused-ring (bicyclic) bond motifs is 1. The molecule has 35 heavy (non-hydrogen) atoms. The largest absolute Gasteiger partial charge is 0.466 e. The van der Waals surface area contributed by atoms with Gasteiger partial charge in [-0.25, -0.2) is 9.79 Å². The van der Waals surface area contributed by atoms with Gasteiger partial charge in [-0.2, -0.15) is 0 Å². The fraction of sp³-hybridized carbons (Fsp3) is 0.192. The van der Waals surface area contributed by atoms with Crippen molar-refractivity contribution in [1.82, 2.24) is 9.13 Å². The number of ether oxygens (including phenoxy) is 1. The zero-order chi connectivity index (χ0) is 24.9. The van der Waals surface area contributed by atoms with Gasteiger partial charge in [-0.15, -0.1) is 11.3 Å². The minimum Gasteiger partial charge on any atom is -0.466 e. The summed E-state index contributed by atoms with van der Waals surface area (Å²) < 4.78 is 9.34. The van der Waals surface area contributed by atoms with E-state index in [1.54, 1.807) is 11.5 Å². The lowest BCUT2D eigenvalue weighted by atomic mass is 10.0. The summed E-state index contributed by atoms with van der Waals surface area (Å²) in [4.78, 5) is 32.4. The van der Waals surface area contributed by atoms with Crippen molar-refractivity contribution in [2.75, 3.05) is 7.11 Å². The van der Waals surface area contributed by atoms with Crippen molar-refractivity contribution in [1.29, 1.82) is 0 Å². The van der Waals surface area contributed by atoms with E-state index in [0.717, 1.165) is 27.5 Å². The summed E-state index contributed by atoms with van der Waals surface area (Å²) in [5.41, 5.74) is 4.76. The quantitative estimate of drug-likeness (QED) is 0.369. The maximum Gasteiger partial charge on any atom is 0.338 e. The molecule has 0 spiro atoms. The van der Waals surface area contributed by atoms with Crippen LogP contribution >= 0.6 is 34.3 Å². The number of allylic oxidation sites excluding steroid dienone is 1. The van der Waals surface area contributed by atoms with Crippen LogP contribution in [-0.2, 0) is 9.53 Å². The molecule has 0 bridgehead atoms. The Morgan fingerprint density at radius 2 is 1.91 bits per heavy atom. The summed E-state index contributed by atoms with van der Waals surface area (Å²) in [6, 6.07) is 13.0. The van der Waals surface area contributed by atoms with Crippen molar-refractivity contribution in [3.8, 4) is 5.69 Å². The van der Waals surface area contributed by atoms with E-state index >= 15 is 0 Å². The molecule has 0 saturated heterocycles. The van der Waals surface area contributed by atoms with Crippen LogP contribution in [0.5, 0.6) is 0 Å². The number of rotatable bonds is 4. The third-order valence-corrected chi connectivity index (χ3v) is 8.24. The highest BCUT2D eigenvalue weighted by Gasteiger charge is 2.33. The van der Waals surface area contributed by atoms with Crippen LogP contribution in [-0.4, -0.2) is 22.2 Å². The smallest absolute Gasteiger partial charge is 0.338 e. The van der Waals surface area contributed by atoms with Crippen LogP contribution in [0.4, 0.5) is 0 Å². The van der Waals surface area contributed by atoms with Crippen LogP contribution in [0, 0.1) is 13.8 Å². The molecule has 0 aliphatic carbocycles. The van der Waals surface area contributed by atoms with Gasteiger partial charge in [-0.05, 0) is 74.2 Å². The standard InChI is InChI=1S/C26H22ClN3O3S2/c1-14-12-17(16(3)29(14)19-9-7-18(27)8-10-19)13-21-24(31)30-23(20-6-5-11-34-20)22(25(32)33-4)15(2)28-26(30)35-21/h5-13,23H,1-4H3. The Balaban J connectivity index is 1.69. The number of thiophene rings is 1. The van der Waals surface area contributed by atoms with E-state index in [0.29, 0.717) is 25.6 Å². The molecule has 0 N–H and O–H groups in total. The minimum atomic E-state index is -0.567. The summed E-state index contributed by atoms with van der Waals surface area (Å²) in [6.07, 6.45) is 1.90. The Morgan fingerprint density at radius 3 is 2.57 bits per heavy atom. The SMILES string of the molecule is COC(=O)C1=C(C)N=c2sc(=Cc3cc(C)n(-c4ccc(Cl)cc4)c3C)c(=O)n2C1c1cccs1. The zero-order valence-electron chi connectivity index (χ0n) is 19.5. The molecule has 0 radical (unpaired) electrons. The van der Waals surface area contributed by atoms with Gasteiger partial charge >= 0.3 is 5.97 Å². The summed E-state index contributed by atoms with van der Waals surface area (Å²) in [5.74, 6) is -0.481. The van der Waals surface area contributed by atoms with Gasteiger partial charge < -0.3 is 9.30 Å². The van der Waals surface area contributed by atoms with Crippen molar-refractivity contribution in [2.24, 2.45) is 4.99 Å². The molecule has 178 valence electrons. The van der Waals surface area contributed by atoms with Gasteiger partial charge in [0.1, 0.15) is 6.04 Å². The number of halogens is 1. The van der Waals surface area contributed by atoms with E-state index in [-0.39, 0.29) is 5.56 Å². The Morgan fingerprint density at radius 1 is 1.17 bits per heavy atom. The lowest BCUT2D eigenvalue weighted by molar-refractivity contribution is -0.136. The lowest BCUT2D eigenvalue weighted by Crippen LogP contribution is -2.39. The Hall–Kier alpha value is -3.20. The number of carbonyl (C=O) groups is 1. The molecule has 1 unspecified atom stereocenters. The number of hydrogen-bond acceptors (Lipinski definition) is 6. The first kappa shape index (κ1) is 23.5. The molecule has 4 heterocycles. The molecule has 1 aromatic carbocycles. The highest BCUT2D eigenvalue weighted by atomic mass is 35.5. The number of nitrogens with zero attached hydrogens (tertiary/aromatic N) is 3. The van der Waals surface area contributed by atoms with E-state index in [1.165, 1.54) is 29.8 Å². The molecular formula is C26H22ClN3O3S2. The second-order valence-electron chi connectivity index (χ2n) is 8.23. The van der Waals surface area contributed by atoms with Gasteiger partial charge in [-0.1, -0.05) is 29.0 Å². The van der Waals surface area contributed by atoms with Crippen molar-refractivity contribution in [3.05, 3.63) is 106 Å². The van der Waals surface area contributed by atoms with E-state index in [2.05, 4.69) is 15.6 Å². The predicted molar refractivity (Wildman–Crippen MR) is 140 cm³/mol. The fourth-order valence-electron chi connectivity index (χ4n) is 4.47. The molecule has 0 fully saturated rings. The topological polar surface area (TPSA) is 65.6 Å². The highest BCUT2D eigenvalue weighted by molar-refractivity contribution is 7.10. The van der Waals surface area contributed by atoms with Crippen LogP contribution in [0.15, 0.2) is 68.9 Å². The minimum absolute atomic E-state index is 0.183. The number of thiazole rings is 1. The van der Waals surface area contributed by atoms with Crippen molar-refractivity contribution < 1.29 is 9.53 Å². The number of esters is 1. The van der Waals surface area contributed by atoms with Gasteiger partial charge in [0, 0.05) is 27.0 Å². The van der Waals surface area contributed by atoms with E-state index in [1.807, 2.05) is 61.7 Å². The summed E-state index contributed by atoms with van der Waals surface area (Å²) >= 11 is 8.88. The van der Waals surface area contributed by atoms with Gasteiger partial charge in [0.05, 0.1) is 22.9 Å². The molecule has 1 aliphatic heterocycles. The summed E-state index contributed by atoms with van der Waals surface area (Å²) in [7, 11) is 1.34. The van der Waals surface area contributed by atoms with Crippen LogP contribution in [0.2, 0.25) is 5.02 Å². The first-order valence-corrected chi connectivity index (χ1v) is 13.0. The van der Waals surface area contributed by atoms with E-state index in [4.69, 9.17) is 16.3 Å². The molecule has 5 rings (SSSR count). The van der Waals surface area contributed by atoms with Gasteiger partial charge in [0.15, 0.2) is 4.80 Å². The molecule has 9 heteroatoms. The van der Waals surface area contributed by atoms with E-state index in [9.17, 15) is 9.59 Å². The summed E-state index contributed by atoms with van der Waals surface area (Å²) in [6.45, 7) is 5.84. The number of carbonyl (C=O) groups excluding carboxylic acids is 1. The lowest BCUT2D eigenvalue weighted by Gasteiger charge is -2.22. The Labute approximate surface area is 214 Å². The number of benzene rings is 1. The van der Waals surface area contributed by atoms with Gasteiger partial charge in [-0.3, -0.25) is 9.36 Å². The number of hydrogen-bond donors (Lipinski definition) is 0. The van der Waals surface area contributed by atoms with Crippen LogP contribution in [0.1, 0.15) is 34.8 Å². The molecule has 6 nitrogen and oxygen atoms in total. The van der Waals surface area contributed by atoms with Crippen LogP contribution in [0.3, 0.4) is 0 Å². The van der Waals surface area contributed by atoms with E-state index < -0.39 is 12.0 Å². The van der Waals surface area contributed by atoms with Crippen LogP contribution < -0.4 is 14.9 Å². The Bertz CT molecular complexity index is 1660. The molecule has 3 aromatic heterocycles. The number of methoxy groups -OCH3 is 1. The monoisotopic (exact) mass is 523 g/mol. The number of aryl methyl sites for hydroxylation is 1. The maximum atomic E-state index is 13.7. The Kier molecular flexibility index (Phi) is 6.13. The van der Waals surface area contributed by atoms with Crippen molar-refractivity contribution >= 4 is 46.3 Å². The predicted octanol–water partition coefficient (Wildman–Crippen LogP) is 4.53. The third kappa shape index (κ3) is 4.01. The second kappa shape index (κ2) is 9.11. The first-order valence-electron chi connectivity index (χ1n) is 10.9. The maximum absolute atomic E-state index is 13.7.